The maximum absolute atomic E-state index is 5.72. The van der Waals surface area contributed by atoms with E-state index in [1.165, 1.54) is 5.19 Å². The summed E-state index contributed by atoms with van der Waals surface area (Å²) in [6.45, 7) is 4.29. The molecule has 0 bridgehead atoms. The summed E-state index contributed by atoms with van der Waals surface area (Å²) in [4.78, 5) is 0. The predicted molar refractivity (Wildman–Crippen MR) is 55.5 cm³/mol. The Bertz CT molecular complexity index is 210. The molecule has 0 spiro atoms. The molecule has 0 aliphatic carbocycles. The highest BCUT2D eigenvalue weighted by atomic mass is 28.2. The molecule has 1 unspecified atom stereocenters. The van der Waals surface area contributed by atoms with Gasteiger partial charge < -0.3 is 4.43 Å². The molecule has 12 heavy (non-hydrogen) atoms. The molecule has 1 nitrogen and oxygen atoms in total. The zero-order chi connectivity index (χ0) is 8.81. The van der Waals surface area contributed by atoms with E-state index in [2.05, 4.69) is 38.1 Å². The lowest BCUT2D eigenvalue weighted by Crippen LogP contribution is -2.21. The smallest absolute Gasteiger partial charge is 0.192 e. The summed E-state index contributed by atoms with van der Waals surface area (Å²) in [7, 11) is -0.470. The summed E-state index contributed by atoms with van der Waals surface area (Å²) in [6, 6.07) is 10.5. The third-order valence-corrected chi connectivity index (χ3v) is 3.49. The molecule has 0 aromatic heterocycles. The maximum Gasteiger partial charge on any atom is 0.192 e. The summed E-state index contributed by atoms with van der Waals surface area (Å²) in [5, 5.41) is 1.39. The average Bonchev–Trinajstić information content (AvgIpc) is 2.16. The van der Waals surface area contributed by atoms with Crippen molar-refractivity contribution in [1.29, 1.82) is 0 Å². The number of benzene rings is 1. The second kappa shape index (κ2) is 5.12. The zero-order valence-electron chi connectivity index (χ0n) is 7.79. The monoisotopic (exact) mass is 180 g/mol. The molecule has 1 aromatic carbocycles. The minimum Gasteiger partial charge on any atom is -0.416 e. The number of rotatable bonds is 4. The van der Waals surface area contributed by atoms with E-state index in [1.54, 1.807) is 0 Å². The fourth-order valence-electron chi connectivity index (χ4n) is 0.931. The Balaban J connectivity index is 2.33. The number of hydrogen-bond donors (Lipinski definition) is 0. The van der Waals surface area contributed by atoms with E-state index < -0.39 is 9.76 Å². The van der Waals surface area contributed by atoms with Crippen LogP contribution in [-0.2, 0) is 4.43 Å². The van der Waals surface area contributed by atoms with Gasteiger partial charge in [0, 0.05) is 6.10 Å². The molecule has 0 aliphatic heterocycles. The van der Waals surface area contributed by atoms with Gasteiger partial charge in [-0.25, -0.2) is 0 Å². The van der Waals surface area contributed by atoms with Crippen LogP contribution < -0.4 is 5.19 Å². The van der Waals surface area contributed by atoms with Gasteiger partial charge in [0.15, 0.2) is 9.76 Å². The maximum atomic E-state index is 5.72. The molecular weight excluding hydrogens is 164 g/mol. The highest BCUT2D eigenvalue weighted by molar-refractivity contribution is 6.46. The first kappa shape index (κ1) is 9.48. The Morgan fingerprint density at radius 2 is 2.00 bits per heavy atom. The third kappa shape index (κ3) is 3.20. The molecule has 0 N–H and O–H groups in total. The molecule has 0 saturated carbocycles. The molecule has 66 valence electrons. The van der Waals surface area contributed by atoms with Gasteiger partial charge in [-0.15, -0.1) is 0 Å². The topological polar surface area (TPSA) is 9.23 Å². The van der Waals surface area contributed by atoms with Crippen LogP contribution in [0.15, 0.2) is 30.3 Å². The summed E-state index contributed by atoms with van der Waals surface area (Å²) >= 11 is 0. The zero-order valence-corrected chi connectivity index (χ0v) is 9.20. The van der Waals surface area contributed by atoms with Crippen LogP contribution in [0.5, 0.6) is 0 Å². The van der Waals surface area contributed by atoms with Crippen LogP contribution in [0.1, 0.15) is 20.3 Å². The molecule has 1 aromatic rings. The first-order chi connectivity index (χ1) is 5.83. The van der Waals surface area contributed by atoms with E-state index >= 15 is 0 Å². The Labute approximate surface area is 76.7 Å². The standard InChI is InChI=1S/C10H16OSi/c1-3-9(2)11-12-10-7-5-4-6-8-10/h4-9H,3,12H2,1-2H3. The first-order valence-corrected chi connectivity index (χ1v) is 5.77. The Morgan fingerprint density at radius 1 is 1.33 bits per heavy atom. The van der Waals surface area contributed by atoms with Gasteiger partial charge in [-0.1, -0.05) is 37.3 Å². The lowest BCUT2D eigenvalue weighted by molar-refractivity contribution is 0.233. The largest absolute Gasteiger partial charge is 0.416 e. The SMILES string of the molecule is CCC(C)O[SiH2]c1ccccc1. The molecule has 0 amide bonds. The van der Waals surface area contributed by atoms with Gasteiger partial charge in [0.1, 0.15) is 0 Å². The van der Waals surface area contributed by atoms with Crippen molar-refractivity contribution in [3.8, 4) is 0 Å². The summed E-state index contributed by atoms with van der Waals surface area (Å²) in [5.41, 5.74) is 0. The Hall–Kier alpha value is -0.603. The van der Waals surface area contributed by atoms with Crippen molar-refractivity contribution in [3.63, 3.8) is 0 Å². The fraction of sp³-hybridized carbons (Fsp3) is 0.400. The highest BCUT2D eigenvalue weighted by Gasteiger charge is 1.98. The first-order valence-electron chi connectivity index (χ1n) is 4.48. The van der Waals surface area contributed by atoms with Crippen LogP contribution in [0.2, 0.25) is 0 Å². The second-order valence-corrected chi connectivity index (χ2v) is 4.45. The second-order valence-electron chi connectivity index (χ2n) is 3.02. The lowest BCUT2D eigenvalue weighted by Gasteiger charge is -2.09. The minimum absolute atomic E-state index is 0.428. The van der Waals surface area contributed by atoms with Crippen molar-refractivity contribution in [3.05, 3.63) is 30.3 Å². The van der Waals surface area contributed by atoms with E-state index in [4.69, 9.17) is 4.43 Å². The molecule has 2 heteroatoms. The van der Waals surface area contributed by atoms with Crippen LogP contribution in [0.3, 0.4) is 0 Å². The molecule has 1 atom stereocenters. The van der Waals surface area contributed by atoms with Gasteiger partial charge in [0.25, 0.3) is 0 Å². The summed E-state index contributed by atoms with van der Waals surface area (Å²) < 4.78 is 5.72. The van der Waals surface area contributed by atoms with Gasteiger partial charge in [-0.05, 0) is 18.5 Å². The fourth-order valence-corrected chi connectivity index (χ4v) is 2.11. The van der Waals surface area contributed by atoms with Gasteiger partial charge in [-0.3, -0.25) is 0 Å². The van der Waals surface area contributed by atoms with E-state index in [0.29, 0.717) is 6.10 Å². The van der Waals surface area contributed by atoms with Crippen LogP contribution in [0, 0.1) is 0 Å². The number of hydrogen-bond acceptors (Lipinski definition) is 1. The average molecular weight is 180 g/mol. The summed E-state index contributed by atoms with van der Waals surface area (Å²) in [5.74, 6) is 0. The molecule has 0 saturated heterocycles. The van der Waals surface area contributed by atoms with Crippen LogP contribution in [0.25, 0.3) is 0 Å². The van der Waals surface area contributed by atoms with Crippen molar-refractivity contribution in [1.82, 2.24) is 0 Å². The molecule has 0 radical (unpaired) electrons. The van der Waals surface area contributed by atoms with E-state index in [0.717, 1.165) is 6.42 Å². The van der Waals surface area contributed by atoms with Gasteiger partial charge in [0.05, 0.1) is 0 Å². The van der Waals surface area contributed by atoms with Gasteiger partial charge in [0.2, 0.25) is 0 Å². The van der Waals surface area contributed by atoms with Crippen LogP contribution in [0.4, 0.5) is 0 Å². The lowest BCUT2D eigenvalue weighted by atomic mass is 10.3. The van der Waals surface area contributed by atoms with E-state index in [1.807, 2.05) is 6.07 Å². The Morgan fingerprint density at radius 3 is 2.58 bits per heavy atom. The summed E-state index contributed by atoms with van der Waals surface area (Å²) in [6.07, 6.45) is 1.54. The third-order valence-electron chi connectivity index (χ3n) is 1.95. The molecule has 0 fully saturated rings. The van der Waals surface area contributed by atoms with Crippen molar-refractivity contribution in [2.24, 2.45) is 0 Å². The van der Waals surface area contributed by atoms with Crippen molar-refractivity contribution in [2.75, 3.05) is 0 Å². The predicted octanol–water partition coefficient (Wildman–Crippen LogP) is 1.21. The van der Waals surface area contributed by atoms with Crippen LogP contribution >= 0.6 is 0 Å². The molecule has 1 rings (SSSR count). The van der Waals surface area contributed by atoms with E-state index in [9.17, 15) is 0 Å². The Kier molecular flexibility index (Phi) is 4.04. The van der Waals surface area contributed by atoms with Crippen molar-refractivity contribution < 1.29 is 4.43 Å². The van der Waals surface area contributed by atoms with Gasteiger partial charge >= 0.3 is 0 Å². The molecule has 0 heterocycles. The van der Waals surface area contributed by atoms with Crippen molar-refractivity contribution in [2.45, 2.75) is 26.4 Å². The molecule has 0 aliphatic rings. The van der Waals surface area contributed by atoms with Crippen molar-refractivity contribution >= 4 is 14.9 Å². The van der Waals surface area contributed by atoms with E-state index in [-0.39, 0.29) is 0 Å². The van der Waals surface area contributed by atoms with Gasteiger partial charge in [-0.2, -0.15) is 0 Å². The minimum atomic E-state index is -0.470. The molecular formula is C10H16OSi. The normalized spacial score (nSPS) is 13.8. The highest BCUT2D eigenvalue weighted by Crippen LogP contribution is 1.93. The quantitative estimate of drug-likeness (QED) is 0.633. The van der Waals surface area contributed by atoms with Crippen LogP contribution in [-0.4, -0.2) is 15.9 Å².